The Morgan fingerprint density at radius 3 is 2.54 bits per heavy atom. The van der Waals surface area contributed by atoms with Crippen LogP contribution in [0.1, 0.15) is 26.3 Å². The van der Waals surface area contributed by atoms with Gasteiger partial charge in [0.05, 0.1) is 0 Å². The summed E-state index contributed by atoms with van der Waals surface area (Å²) in [6.07, 6.45) is 0.766. The molecule has 0 saturated heterocycles. The molecule has 0 spiro atoms. The number of carbonyl (C=O) groups excluding carboxylic acids is 2. The van der Waals surface area contributed by atoms with E-state index in [2.05, 4.69) is 5.32 Å². The zero-order valence-corrected chi connectivity index (χ0v) is 14.2. The number of aryl methyl sites for hydroxylation is 1. The van der Waals surface area contributed by atoms with E-state index in [9.17, 15) is 14.4 Å². The van der Waals surface area contributed by atoms with Crippen molar-refractivity contribution >= 4 is 17.8 Å². The van der Waals surface area contributed by atoms with Crippen LogP contribution in [0.3, 0.4) is 0 Å². The predicted molar refractivity (Wildman–Crippen MR) is 88.8 cm³/mol. The molecule has 24 heavy (non-hydrogen) atoms. The third-order valence-corrected chi connectivity index (χ3v) is 3.58. The molecule has 7 nitrogen and oxygen atoms in total. The zero-order valence-electron chi connectivity index (χ0n) is 14.2. The first-order valence-corrected chi connectivity index (χ1v) is 7.84. The van der Waals surface area contributed by atoms with E-state index in [0.717, 1.165) is 12.0 Å². The molecule has 0 aliphatic rings. The molecule has 2 amide bonds. The minimum atomic E-state index is -1.11. The van der Waals surface area contributed by atoms with Crippen LogP contribution in [0.15, 0.2) is 24.3 Å². The Bertz CT molecular complexity index is 588. The number of ether oxygens (including phenoxy) is 1. The van der Waals surface area contributed by atoms with Gasteiger partial charge in [0.1, 0.15) is 11.8 Å². The molecule has 0 bridgehead atoms. The SMILES string of the molecule is CCc1ccccc1OCC(=O)N(CCNC(C)=O)C(C)C(=O)O. The number of hydrogen-bond acceptors (Lipinski definition) is 4. The first-order chi connectivity index (χ1) is 11.4. The van der Waals surface area contributed by atoms with Crippen LogP contribution in [0.25, 0.3) is 0 Å². The molecule has 7 heteroatoms. The molecule has 1 unspecified atom stereocenters. The Balaban J connectivity index is 2.72. The smallest absolute Gasteiger partial charge is 0.326 e. The summed E-state index contributed by atoms with van der Waals surface area (Å²) >= 11 is 0. The summed E-state index contributed by atoms with van der Waals surface area (Å²) in [5.74, 6) is -1.18. The summed E-state index contributed by atoms with van der Waals surface area (Å²) < 4.78 is 5.56. The van der Waals surface area contributed by atoms with Gasteiger partial charge in [-0.05, 0) is 25.0 Å². The summed E-state index contributed by atoms with van der Waals surface area (Å²) in [6, 6.07) is 6.38. The maximum Gasteiger partial charge on any atom is 0.326 e. The van der Waals surface area contributed by atoms with Crippen molar-refractivity contribution in [2.45, 2.75) is 33.2 Å². The largest absolute Gasteiger partial charge is 0.483 e. The molecule has 0 radical (unpaired) electrons. The van der Waals surface area contributed by atoms with Crippen molar-refractivity contribution in [3.05, 3.63) is 29.8 Å². The van der Waals surface area contributed by atoms with Crippen LogP contribution in [0.5, 0.6) is 5.75 Å². The van der Waals surface area contributed by atoms with Gasteiger partial charge in [0, 0.05) is 20.0 Å². The molecule has 1 rings (SSSR count). The molecule has 1 aromatic rings. The first kappa shape index (κ1) is 19.5. The molecule has 0 aliphatic heterocycles. The van der Waals surface area contributed by atoms with Crippen LogP contribution in [0.2, 0.25) is 0 Å². The van der Waals surface area contributed by atoms with Crippen molar-refractivity contribution < 1.29 is 24.2 Å². The summed E-state index contributed by atoms with van der Waals surface area (Å²) in [4.78, 5) is 35.7. The Morgan fingerprint density at radius 2 is 1.96 bits per heavy atom. The minimum Gasteiger partial charge on any atom is -0.483 e. The summed E-state index contributed by atoms with van der Waals surface area (Å²) in [6.45, 7) is 4.80. The van der Waals surface area contributed by atoms with E-state index < -0.39 is 17.9 Å². The van der Waals surface area contributed by atoms with Crippen LogP contribution in [-0.4, -0.2) is 53.5 Å². The van der Waals surface area contributed by atoms with Gasteiger partial charge in [0.2, 0.25) is 5.91 Å². The lowest BCUT2D eigenvalue weighted by molar-refractivity contribution is -0.150. The van der Waals surface area contributed by atoms with Crippen LogP contribution in [0.4, 0.5) is 0 Å². The van der Waals surface area contributed by atoms with E-state index >= 15 is 0 Å². The molecular formula is C17H24N2O5. The second kappa shape index (κ2) is 9.54. The van der Waals surface area contributed by atoms with Gasteiger partial charge in [-0.3, -0.25) is 9.59 Å². The molecule has 2 N–H and O–H groups in total. The number of aliphatic carboxylic acids is 1. The van der Waals surface area contributed by atoms with E-state index in [1.807, 2.05) is 25.1 Å². The fourth-order valence-electron chi connectivity index (χ4n) is 2.18. The van der Waals surface area contributed by atoms with E-state index in [4.69, 9.17) is 9.84 Å². The fraction of sp³-hybridized carbons (Fsp3) is 0.471. The lowest BCUT2D eigenvalue weighted by Gasteiger charge is -2.26. The molecule has 1 atom stereocenters. The molecule has 0 fully saturated rings. The van der Waals surface area contributed by atoms with Crippen LogP contribution in [0, 0.1) is 0 Å². The van der Waals surface area contributed by atoms with Crippen LogP contribution < -0.4 is 10.1 Å². The second-order valence-corrected chi connectivity index (χ2v) is 5.33. The number of benzene rings is 1. The molecule has 0 aliphatic carbocycles. The number of nitrogens with zero attached hydrogens (tertiary/aromatic N) is 1. The molecule has 0 aromatic heterocycles. The molecule has 0 saturated carbocycles. The van der Waals surface area contributed by atoms with Crippen LogP contribution >= 0.6 is 0 Å². The Labute approximate surface area is 141 Å². The first-order valence-electron chi connectivity index (χ1n) is 7.84. The normalized spacial score (nSPS) is 11.5. The fourth-order valence-corrected chi connectivity index (χ4v) is 2.18. The topological polar surface area (TPSA) is 95.9 Å². The van der Waals surface area contributed by atoms with Crippen molar-refractivity contribution in [1.82, 2.24) is 10.2 Å². The number of nitrogens with one attached hydrogen (secondary N) is 1. The highest BCUT2D eigenvalue weighted by Crippen LogP contribution is 2.18. The average molecular weight is 336 g/mol. The number of amides is 2. The van der Waals surface area contributed by atoms with Crippen molar-refractivity contribution in [2.75, 3.05) is 19.7 Å². The third kappa shape index (κ3) is 5.91. The Hall–Kier alpha value is -2.57. The predicted octanol–water partition coefficient (Wildman–Crippen LogP) is 1.07. The van der Waals surface area contributed by atoms with E-state index in [-0.39, 0.29) is 25.6 Å². The Morgan fingerprint density at radius 1 is 1.29 bits per heavy atom. The minimum absolute atomic E-state index is 0.102. The van der Waals surface area contributed by atoms with Gasteiger partial charge in [0.25, 0.3) is 5.91 Å². The van der Waals surface area contributed by atoms with Crippen molar-refractivity contribution in [3.8, 4) is 5.75 Å². The van der Waals surface area contributed by atoms with Gasteiger partial charge in [0.15, 0.2) is 6.61 Å². The second-order valence-electron chi connectivity index (χ2n) is 5.33. The van der Waals surface area contributed by atoms with Crippen molar-refractivity contribution in [2.24, 2.45) is 0 Å². The van der Waals surface area contributed by atoms with Crippen molar-refractivity contribution in [1.29, 1.82) is 0 Å². The summed E-state index contributed by atoms with van der Waals surface area (Å²) in [5, 5.41) is 11.7. The van der Waals surface area contributed by atoms with E-state index in [0.29, 0.717) is 5.75 Å². The highest BCUT2D eigenvalue weighted by atomic mass is 16.5. The zero-order chi connectivity index (χ0) is 18.1. The van der Waals surface area contributed by atoms with Crippen LogP contribution in [-0.2, 0) is 20.8 Å². The van der Waals surface area contributed by atoms with Gasteiger partial charge >= 0.3 is 5.97 Å². The van der Waals surface area contributed by atoms with Gasteiger partial charge in [-0.15, -0.1) is 0 Å². The highest BCUT2D eigenvalue weighted by Gasteiger charge is 2.25. The van der Waals surface area contributed by atoms with E-state index in [1.165, 1.54) is 18.7 Å². The standard InChI is InChI=1S/C17H24N2O5/c1-4-14-7-5-6-8-15(14)24-11-16(21)19(12(2)17(22)23)10-9-18-13(3)20/h5-8,12H,4,9-11H2,1-3H3,(H,18,20)(H,22,23). The van der Waals surface area contributed by atoms with Crippen molar-refractivity contribution in [3.63, 3.8) is 0 Å². The summed E-state index contributed by atoms with van der Waals surface area (Å²) in [7, 11) is 0. The third-order valence-electron chi connectivity index (χ3n) is 3.58. The number of carboxylic acid groups (broad SMARTS) is 1. The summed E-state index contributed by atoms with van der Waals surface area (Å²) in [5.41, 5.74) is 0.973. The molecular weight excluding hydrogens is 312 g/mol. The van der Waals surface area contributed by atoms with Gasteiger partial charge in [-0.2, -0.15) is 0 Å². The monoisotopic (exact) mass is 336 g/mol. The lowest BCUT2D eigenvalue weighted by atomic mass is 10.1. The average Bonchev–Trinajstić information content (AvgIpc) is 2.55. The Kier molecular flexibility index (Phi) is 7.74. The van der Waals surface area contributed by atoms with Gasteiger partial charge in [-0.25, -0.2) is 4.79 Å². The highest BCUT2D eigenvalue weighted by molar-refractivity contribution is 5.84. The van der Waals surface area contributed by atoms with Gasteiger partial charge in [-0.1, -0.05) is 25.1 Å². The number of hydrogen-bond donors (Lipinski definition) is 2. The lowest BCUT2D eigenvalue weighted by Crippen LogP contribution is -2.48. The molecule has 1 aromatic carbocycles. The molecule has 132 valence electrons. The number of para-hydroxylation sites is 1. The van der Waals surface area contributed by atoms with E-state index in [1.54, 1.807) is 6.07 Å². The quantitative estimate of drug-likeness (QED) is 0.703. The van der Waals surface area contributed by atoms with Gasteiger partial charge < -0.3 is 20.1 Å². The number of carboxylic acids is 1. The number of rotatable bonds is 9. The maximum absolute atomic E-state index is 12.4. The number of carbonyl (C=O) groups is 3. The molecule has 0 heterocycles. The maximum atomic E-state index is 12.4.